The van der Waals surface area contributed by atoms with Crippen molar-refractivity contribution < 1.29 is 19.1 Å². The van der Waals surface area contributed by atoms with Gasteiger partial charge in [0.25, 0.3) is 0 Å². The van der Waals surface area contributed by atoms with E-state index in [0.717, 1.165) is 12.3 Å². The molecule has 0 heterocycles. The number of carbonyl (C=O) groups is 2. The van der Waals surface area contributed by atoms with Gasteiger partial charge in [0.05, 0.1) is 6.61 Å². The van der Waals surface area contributed by atoms with E-state index in [4.69, 9.17) is 9.47 Å². The largest absolute Gasteiger partial charge is 0.466 e. The molecular weight excluding hydrogens is 282 g/mol. The minimum Gasteiger partial charge on any atom is -0.466 e. The number of amides is 1. The Morgan fingerprint density at radius 1 is 1.32 bits per heavy atom. The summed E-state index contributed by atoms with van der Waals surface area (Å²) < 4.78 is 10.7. The highest BCUT2D eigenvalue weighted by atomic mass is 16.6. The van der Waals surface area contributed by atoms with Gasteiger partial charge in [-0.1, -0.05) is 13.8 Å². The highest BCUT2D eigenvalue weighted by Crippen LogP contribution is 2.55. The minimum absolute atomic E-state index is 0.218. The minimum atomic E-state index is -0.342. The van der Waals surface area contributed by atoms with Crippen LogP contribution in [0.4, 0.5) is 4.79 Å². The summed E-state index contributed by atoms with van der Waals surface area (Å²) in [6.45, 7) is 6.92. The number of hydrogen-bond acceptors (Lipinski definition) is 4. The Labute approximate surface area is 133 Å². The second-order valence-corrected chi connectivity index (χ2v) is 6.91. The molecule has 2 rings (SSSR count). The highest BCUT2D eigenvalue weighted by molar-refractivity contribution is 5.70. The molecule has 0 aliphatic heterocycles. The fourth-order valence-corrected chi connectivity index (χ4v) is 4.14. The fourth-order valence-electron chi connectivity index (χ4n) is 4.14. The van der Waals surface area contributed by atoms with E-state index in [-0.39, 0.29) is 17.7 Å². The molecule has 0 saturated heterocycles. The zero-order chi connectivity index (χ0) is 16.2. The average molecular weight is 311 g/mol. The summed E-state index contributed by atoms with van der Waals surface area (Å²) in [5.41, 5.74) is -0.284. The van der Waals surface area contributed by atoms with E-state index in [2.05, 4.69) is 19.2 Å². The number of ether oxygens (including phenoxy) is 2. The number of rotatable bonds is 7. The molecule has 1 N–H and O–H groups in total. The van der Waals surface area contributed by atoms with Crippen molar-refractivity contribution in [1.29, 1.82) is 0 Å². The first-order valence-electron chi connectivity index (χ1n) is 8.60. The van der Waals surface area contributed by atoms with Gasteiger partial charge < -0.3 is 14.8 Å². The lowest BCUT2D eigenvalue weighted by molar-refractivity contribution is -0.143. The molecule has 2 aliphatic carbocycles. The van der Waals surface area contributed by atoms with E-state index < -0.39 is 0 Å². The molecule has 0 radical (unpaired) electrons. The van der Waals surface area contributed by atoms with Gasteiger partial charge in [-0.05, 0) is 56.8 Å². The van der Waals surface area contributed by atoms with Crippen LogP contribution in [0.5, 0.6) is 0 Å². The molecule has 3 unspecified atom stereocenters. The van der Waals surface area contributed by atoms with Crippen molar-refractivity contribution in [2.45, 2.75) is 64.9 Å². The first-order valence-corrected chi connectivity index (χ1v) is 8.60. The van der Waals surface area contributed by atoms with E-state index in [1.807, 2.05) is 0 Å². The third-order valence-electron chi connectivity index (χ3n) is 5.23. The molecular formula is C17H29NO4. The number of carbonyl (C=O) groups excluding carboxylic acids is 2. The Morgan fingerprint density at radius 2 is 2.09 bits per heavy atom. The zero-order valence-electron chi connectivity index (χ0n) is 14.0. The molecule has 0 aromatic heterocycles. The van der Waals surface area contributed by atoms with E-state index in [9.17, 15) is 9.59 Å². The van der Waals surface area contributed by atoms with Crippen LogP contribution in [0.25, 0.3) is 0 Å². The molecule has 0 spiro atoms. The van der Waals surface area contributed by atoms with Crippen LogP contribution in [0, 0.1) is 17.8 Å². The second-order valence-electron chi connectivity index (χ2n) is 6.91. The normalized spacial score (nSPS) is 29.6. The smallest absolute Gasteiger partial charge is 0.407 e. The number of esters is 1. The van der Waals surface area contributed by atoms with Crippen LogP contribution < -0.4 is 5.32 Å². The van der Waals surface area contributed by atoms with Crippen molar-refractivity contribution in [1.82, 2.24) is 5.32 Å². The van der Waals surface area contributed by atoms with Crippen molar-refractivity contribution in [3.63, 3.8) is 0 Å². The van der Waals surface area contributed by atoms with Crippen LogP contribution in [0.1, 0.15) is 59.3 Å². The van der Waals surface area contributed by atoms with Crippen LogP contribution >= 0.6 is 0 Å². The van der Waals surface area contributed by atoms with Crippen LogP contribution in [-0.4, -0.2) is 30.8 Å². The highest BCUT2D eigenvalue weighted by Gasteiger charge is 2.55. The standard InChI is InChI=1S/C17H29NO4/c1-4-21-15(19)6-5-9-18-16(20)22-17(12(2)3)11-13-7-8-14(17)10-13/h12-14H,4-11H2,1-3H3,(H,18,20). The molecule has 22 heavy (non-hydrogen) atoms. The van der Waals surface area contributed by atoms with Crippen LogP contribution in [0.3, 0.4) is 0 Å². The molecule has 2 saturated carbocycles. The van der Waals surface area contributed by atoms with Gasteiger partial charge in [0.2, 0.25) is 0 Å². The van der Waals surface area contributed by atoms with Crippen molar-refractivity contribution in [2.24, 2.45) is 17.8 Å². The van der Waals surface area contributed by atoms with E-state index in [1.165, 1.54) is 19.3 Å². The molecule has 0 aromatic rings. The SMILES string of the molecule is CCOC(=O)CCCNC(=O)OC1(C(C)C)CC2CCC1C2. The summed E-state index contributed by atoms with van der Waals surface area (Å²) in [4.78, 5) is 23.3. The Bertz CT molecular complexity index is 409. The molecule has 5 heteroatoms. The van der Waals surface area contributed by atoms with Gasteiger partial charge in [-0.15, -0.1) is 0 Å². The number of fused-ring (bicyclic) bond motifs is 2. The Morgan fingerprint density at radius 3 is 2.64 bits per heavy atom. The molecule has 3 atom stereocenters. The lowest BCUT2D eigenvalue weighted by Gasteiger charge is -2.40. The average Bonchev–Trinajstić information content (AvgIpc) is 3.05. The molecule has 2 bridgehead atoms. The maximum atomic E-state index is 12.1. The zero-order valence-corrected chi connectivity index (χ0v) is 14.0. The van der Waals surface area contributed by atoms with Crippen molar-refractivity contribution in [3.8, 4) is 0 Å². The summed E-state index contributed by atoms with van der Waals surface area (Å²) in [6.07, 6.45) is 5.23. The molecule has 2 fully saturated rings. The fraction of sp³-hybridized carbons (Fsp3) is 0.882. The maximum Gasteiger partial charge on any atom is 0.407 e. The predicted molar refractivity (Wildman–Crippen MR) is 83.4 cm³/mol. The monoisotopic (exact) mass is 311 g/mol. The topological polar surface area (TPSA) is 64.6 Å². The number of hydrogen-bond donors (Lipinski definition) is 1. The Hall–Kier alpha value is -1.26. The van der Waals surface area contributed by atoms with Crippen molar-refractivity contribution >= 4 is 12.1 Å². The molecule has 126 valence electrons. The molecule has 0 aromatic carbocycles. The summed E-state index contributed by atoms with van der Waals surface area (Å²) in [6, 6.07) is 0. The molecule has 2 aliphatic rings. The van der Waals surface area contributed by atoms with Crippen molar-refractivity contribution in [3.05, 3.63) is 0 Å². The quantitative estimate of drug-likeness (QED) is 0.579. The van der Waals surface area contributed by atoms with Gasteiger partial charge in [-0.2, -0.15) is 0 Å². The third kappa shape index (κ3) is 3.73. The van der Waals surface area contributed by atoms with E-state index in [0.29, 0.717) is 37.8 Å². The number of alkyl carbamates (subject to hydrolysis) is 1. The van der Waals surface area contributed by atoms with E-state index >= 15 is 0 Å². The van der Waals surface area contributed by atoms with Crippen LogP contribution in [-0.2, 0) is 14.3 Å². The van der Waals surface area contributed by atoms with Gasteiger partial charge in [0, 0.05) is 13.0 Å². The van der Waals surface area contributed by atoms with Gasteiger partial charge in [-0.3, -0.25) is 4.79 Å². The third-order valence-corrected chi connectivity index (χ3v) is 5.23. The van der Waals surface area contributed by atoms with Crippen molar-refractivity contribution in [2.75, 3.05) is 13.2 Å². The predicted octanol–water partition coefficient (Wildman–Crippen LogP) is 3.27. The Balaban J connectivity index is 1.75. The number of nitrogens with one attached hydrogen (secondary N) is 1. The van der Waals surface area contributed by atoms with Gasteiger partial charge in [0.15, 0.2) is 0 Å². The maximum absolute atomic E-state index is 12.1. The molecule has 5 nitrogen and oxygen atoms in total. The Kier molecular flexibility index (Phi) is 5.70. The first-order chi connectivity index (χ1) is 10.5. The summed E-state index contributed by atoms with van der Waals surface area (Å²) >= 11 is 0. The van der Waals surface area contributed by atoms with E-state index in [1.54, 1.807) is 6.92 Å². The van der Waals surface area contributed by atoms with Gasteiger partial charge in [0.1, 0.15) is 5.60 Å². The first kappa shape index (κ1) is 17.1. The van der Waals surface area contributed by atoms with Gasteiger partial charge >= 0.3 is 12.1 Å². The summed E-state index contributed by atoms with van der Waals surface area (Å²) in [7, 11) is 0. The molecule has 1 amide bonds. The lowest BCUT2D eigenvalue weighted by atomic mass is 9.76. The summed E-state index contributed by atoms with van der Waals surface area (Å²) in [5, 5.41) is 2.78. The summed E-state index contributed by atoms with van der Waals surface area (Å²) in [5.74, 6) is 1.37. The lowest BCUT2D eigenvalue weighted by Crippen LogP contribution is -2.47. The van der Waals surface area contributed by atoms with Crippen LogP contribution in [0.15, 0.2) is 0 Å². The van der Waals surface area contributed by atoms with Gasteiger partial charge in [-0.25, -0.2) is 4.79 Å². The second kappa shape index (κ2) is 7.34. The van der Waals surface area contributed by atoms with Crippen LogP contribution in [0.2, 0.25) is 0 Å².